The van der Waals surface area contributed by atoms with Crippen LogP contribution in [0.3, 0.4) is 0 Å². The van der Waals surface area contributed by atoms with Crippen molar-refractivity contribution in [2.45, 2.75) is 0 Å². The third kappa shape index (κ3) is 6.86. The summed E-state index contributed by atoms with van der Waals surface area (Å²) in [5.41, 5.74) is 14.4. The highest BCUT2D eigenvalue weighted by atomic mass is 16.2. The maximum absolute atomic E-state index is 12.9. The van der Waals surface area contributed by atoms with E-state index < -0.39 is 0 Å². The van der Waals surface area contributed by atoms with Crippen molar-refractivity contribution in [2.24, 2.45) is 21.5 Å². The number of benzene rings is 2. The Kier molecular flexibility index (Phi) is 8.49. The van der Waals surface area contributed by atoms with Gasteiger partial charge in [-0.2, -0.15) is 0 Å². The molecule has 0 saturated carbocycles. The Hall–Kier alpha value is -5.53. The molecule has 0 saturated heterocycles. The molecule has 4 aromatic rings. The molecule has 0 aliphatic heterocycles. The Morgan fingerprint density at radius 1 is 0.700 bits per heavy atom. The number of nitrogens with zero attached hydrogens (tertiary/aromatic N) is 2. The second-order valence-electron chi connectivity index (χ2n) is 8.73. The van der Waals surface area contributed by atoms with E-state index in [1.807, 2.05) is 6.07 Å². The first-order valence-electron chi connectivity index (χ1n) is 12.3. The maximum Gasteiger partial charge on any atom is 0.272 e. The number of anilines is 2. The standard InChI is InChI=1S/C26H31N11O3/c1-29-25(27)32-8-7-31-23(39)20-10-14-3-4-17(12-19(14)37-20)35-24(40)21-11-15-9-16(5-6-18(15)36-21)34-22(38)13-33-26(28)30-2/h3-6,9-12,36-37H,7-8,13H2,1-2H3,(H,31,39)(H,34,38)(H,35,40)(H3,27,29,32)(H3,28,30,33). The molecule has 0 fully saturated rings. The summed E-state index contributed by atoms with van der Waals surface area (Å²) in [4.78, 5) is 51.2. The van der Waals surface area contributed by atoms with Gasteiger partial charge in [-0.25, -0.2) is 0 Å². The number of carbonyl (C=O) groups excluding carboxylic acids is 3. The van der Waals surface area contributed by atoms with Crippen molar-refractivity contribution in [1.29, 1.82) is 0 Å². The van der Waals surface area contributed by atoms with E-state index in [4.69, 9.17) is 11.5 Å². The van der Waals surface area contributed by atoms with E-state index in [1.54, 1.807) is 49.5 Å². The number of fused-ring (bicyclic) bond motifs is 2. The van der Waals surface area contributed by atoms with Crippen LogP contribution in [0.25, 0.3) is 21.8 Å². The van der Waals surface area contributed by atoms with Crippen LogP contribution in [0.15, 0.2) is 58.5 Å². The molecular formula is C26H31N11O3. The molecule has 0 unspecified atom stereocenters. The van der Waals surface area contributed by atoms with Gasteiger partial charge in [0.25, 0.3) is 11.8 Å². The quantitative estimate of drug-likeness (QED) is 0.0829. The number of hydrogen-bond acceptors (Lipinski definition) is 5. The van der Waals surface area contributed by atoms with Crippen LogP contribution in [0.1, 0.15) is 21.0 Å². The van der Waals surface area contributed by atoms with Crippen molar-refractivity contribution in [3.8, 4) is 0 Å². The van der Waals surface area contributed by atoms with Crippen LogP contribution in [-0.4, -0.2) is 73.3 Å². The summed E-state index contributed by atoms with van der Waals surface area (Å²) in [5, 5.41) is 15.6. The van der Waals surface area contributed by atoms with Gasteiger partial charge in [0.15, 0.2) is 11.9 Å². The number of hydrogen-bond donors (Lipinski definition) is 9. The lowest BCUT2D eigenvalue weighted by Gasteiger charge is -2.07. The van der Waals surface area contributed by atoms with Gasteiger partial charge in [-0.1, -0.05) is 6.07 Å². The zero-order valence-corrected chi connectivity index (χ0v) is 22.0. The van der Waals surface area contributed by atoms with Crippen LogP contribution in [0.2, 0.25) is 0 Å². The van der Waals surface area contributed by atoms with Crippen LogP contribution < -0.4 is 38.1 Å². The SMILES string of the molecule is CN=C(N)NCCNC(=O)c1cc2ccc(NC(=O)c3cc4cc(NC(=O)CNC(N)=NC)ccc4[nH]3)cc2[nH]1. The number of nitrogens with two attached hydrogens (primary N) is 2. The Morgan fingerprint density at radius 3 is 2.10 bits per heavy atom. The molecule has 0 bridgehead atoms. The van der Waals surface area contributed by atoms with Crippen molar-refractivity contribution < 1.29 is 14.4 Å². The van der Waals surface area contributed by atoms with Gasteiger partial charge < -0.3 is 48.0 Å². The summed E-state index contributed by atoms with van der Waals surface area (Å²) >= 11 is 0. The molecule has 208 valence electrons. The Labute approximate surface area is 229 Å². The van der Waals surface area contributed by atoms with Gasteiger partial charge in [0, 0.05) is 60.4 Å². The van der Waals surface area contributed by atoms with E-state index in [2.05, 4.69) is 46.5 Å². The number of carbonyl (C=O) groups is 3. The number of aromatic nitrogens is 2. The molecule has 2 heterocycles. The van der Waals surface area contributed by atoms with Crippen LogP contribution >= 0.6 is 0 Å². The van der Waals surface area contributed by atoms with E-state index in [0.29, 0.717) is 47.3 Å². The van der Waals surface area contributed by atoms with E-state index >= 15 is 0 Å². The molecule has 0 spiro atoms. The first kappa shape index (κ1) is 27.5. The summed E-state index contributed by atoms with van der Waals surface area (Å²) in [6.45, 7) is 0.780. The number of amides is 3. The number of nitrogens with one attached hydrogen (secondary N) is 7. The summed E-state index contributed by atoms with van der Waals surface area (Å²) in [6.07, 6.45) is 0. The number of aromatic amines is 2. The molecule has 3 amide bonds. The molecule has 4 rings (SSSR count). The molecule has 0 atom stereocenters. The summed E-state index contributed by atoms with van der Waals surface area (Å²) in [7, 11) is 3.09. The third-order valence-electron chi connectivity index (χ3n) is 5.90. The summed E-state index contributed by atoms with van der Waals surface area (Å²) < 4.78 is 0. The number of guanidine groups is 2. The third-order valence-corrected chi connectivity index (χ3v) is 5.90. The Morgan fingerprint density at radius 2 is 1.32 bits per heavy atom. The van der Waals surface area contributed by atoms with Crippen molar-refractivity contribution in [2.75, 3.05) is 44.4 Å². The van der Waals surface area contributed by atoms with Gasteiger partial charge in [-0.15, -0.1) is 0 Å². The van der Waals surface area contributed by atoms with Gasteiger partial charge in [0.1, 0.15) is 11.4 Å². The van der Waals surface area contributed by atoms with Crippen LogP contribution in [0, 0.1) is 0 Å². The molecule has 14 heteroatoms. The molecule has 0 aliphatic rings. The topological polar surface area (TPSA) is 220 Å². The summed E-state index contributed by atoms with van der Waals surface area (Å²) in [6, 6.07) is 14.0. The van der Waals surface area contributed by atoms with E-state index in [-0.39, 0.29) is 30.2 Å². The maximum atomic E-state index is 12.9. The predicted molar refractivity (Wildman–Crippen MR) is 157 cm³/mol. The average Bonchev–Trinajstić information content (AvgIpc) is 3.57. The number of aliphatic imine (C=N–C) groups is 2. The second kappa shape index (κ2) is 12.3. The summed E-state index contributed by atoms with van der Waals surface area (Å²) in [5.74, 6) is -0.426. The molecule has 11 N–H and O–H groups in total. The fourth-order valence-electron chi connectivity index (χ4n) is 3.85. The van der Waals surface area contributed by atoms with Gasteiger partial charge in [0.05, 0.1) is 6.54 Å². The monoisotopic (exact) mass is 545 g/mol. The predicted octanol–water partition coefficient (Wildman–Crippen LogP) is 0.638. The highest BCUT2D eigenvalue weighted by Crippen LogP contribution is 2.23. The van der Waals surface area contributed by atoms with Gasteiger partial charge >= 0.3 is 0 Å². The van der Waals surface area contributed by atoms with Gasteiger partial charge in [-0.05, 0) is 42.5 Å². The largest absolute Gasteiger partial charge is 0.370 e. The zero-order valence-electron chi connectivity index (χ0n) is 22.0. The zero-order chi connectivity index (χ0) is 28.6. The van der Waals surface area contributed by atoms with Crippen LogP contribution in [-0.2, 0) is 4.79 Å². The molecule has 2 aromatic heterocycles. The Bertz CT molecular complexity index is 1620. The number of rotatable bonds is 9. The lowest BCUT2D eigenvalue weighted by atomic mass is 10.2. The van der Waals surface area contributed by atoms with Crippen molar-refractivity contribution in [1.82, 2.24) is 25.9 Å². The van der Waals surface area contributed by atoms with E-state index in [0.717, 1.165) is 16.3 Å². The first-order chi connectivity index (χ1) is 19.2. The smallest absolute Gasteiger partial charge is 0.272 e. The van der Waals surface area contributed by atoms with Crippen molar-refractivity contribution in [3.63, 3.8) is 0 Å². The second-order valence-corrected chi connectivity index (χ2v) is 8.73. The van der Waals surface area contributed by atoms with Crippen molar-refractivity contribution in [3.05, 3.63) is 59.9 Å². The minimum absolute atomic E-state index is 0.0266. The molecule has 2 aromatic carbocycles. The number of H-pyrrole nitrogens is 2. The highest BCUT2D eigenvalue weighted by Gasteiger charge is 2.13. The fourth-order valence-corrected chi connectivity index (χ4v) is 3.85. The molecule has 0 aliphatic carbocycles. The molecule has 40 heavy (non-hydrogen) atoms. The Balaban J connectivity index is 1.38. The molecule has 14 nitrogen and oxygen atoms in total. The molecular weight excluding hydrogens is 514 g/mol. The minimum Gasteiger partial charge on any atom is -0.370 e. The first-order valence-corrected chi connectivity index (χ1v) is 12.3. The van der Waals surface area contributed by atoms with Crippen LogP contribution in [0.4, 0.5) is 11.4 Å². The molecule has 0 radical (unpaired) electrons. The lowest BCUT2D eigenvalue weighted by molar-refractivity contribution is -0.115. The van der Waals surface area contributed by atoms with Crippen molar-refractivity contribution >= 4 is 62.8 Å². The average molecular weight is 546 g/mol. The van der Waals surface area contributed by atoms with E-state index in [1.165, 1.54) is 7.05 Å². The minimum atomic E-state index is -0.341. The van der Waals surface area contributed by atoms with Gasteiger partial charge in [0.2, 0.25) is 5.91 Å². The van der Waals surface area contributed by atoms with Gasteiger partial charge in [-0.3, -0.25) is 24.4 Å². The fraction of sp³-hybridized carbons (Fsp3) is 0.192. The highest BCUT2D eigenvalue weighted by molar-refractivity contribution is 6.07. The normalized spacial score (nSPS) is 11.8. The lowest BCUT2D eigenvalue weighted by Crippen LogP contribution is -2.38. The van der Waals surface area contributed by atoms with E-state index in [9.17, 15) is 14.4 Å². The van der Waals surface area contributed by atoms with Crippen LogP contribution in [0.5, 0.6) is 0 Å².